The molecule has 0 aliphatic rings. The lowest BCUT2D eigenvalue weighted by Crippen LogP contribution is -2.36. The van der Waals surface area contributed by atoms with Crippen LogP contribution < -0.4 is 15.8 Å². The second-order valence-electron chi connectivity index (χ2n) is 3.88. The average molecular weight is 311 g/mol. The molecule has 0 heterocycles. The zero-order chi connectivity index (χ0) is 14.3. The number of aliphatic hydroxyl groups excluding tert-OH is 1. The Balaban J connectivity index is 0.00000361. The molecule has 0 aromatic heterocycles. The van der Waals surface area contributed by atoms with E-state index in [0.29, 0.717) is 0 Å². The van der Waals surface area contributed by atoms with Gasteiger partial charge in [-0.1, -0.05) is 0 Å². The fraction of sp³-hybridized carbons (Fsp3) is 0.417. The van der Waals surface area contributed by atoms with Crippen LogP contribution in [-0.2, 0) is 4.79 Å². The number of amides is 1. The summed E-state index contributed by atoms with van der Waals surface area (Å²) in [5.41, 5.74) is 5.18. The van der Waals surface area contributed by atoms with Crippen LogP contribution in [0.4, 0.5) is 8.78 Å². The molecular formula is C12H17ClF2N2O3. The lowest BCUT2D eigenvalue weighted by Gasteiger charge is -2.13. The molecule has 8 heteroatoms. The maximum Gasteiger partial charge on any atom is 0.221 e. The van der Waals surface area contributed by atoms with E-state index in [1.54, 1.807) is 0 Å². The minimum Gasteiger partial charge on any atom is -0.491 e. The molecule has 0 radical (unpaired) electrons. The summed E-state index contributed by atoms with van der Waals surface area (Å²) >= 11 is 0. The summed E-state index contributed by atoms with van der Waals surface area (Å²) < 4.78 is 30.6. The number of nitrogens with one attached hydrogen (secondary N) is 1. The Labute approximate surface area is 121 Å². The largest absolute Gasteiger partial charge is 0.491 e. The maximum absolute atomic E-state index is 12.9. The van der Waals surface area contributed by atoms with Gasteiger partial charge >= 0.3 is 0 Å². The van der Waals surface area contributed by atoms with Crippen LogP contribution in [0.3, 0.4) is 0 Å². The summed E-state index contributed by atoms with van der Waals surface area (Å²) in [6.45, 7) is 0.0871. The molecule has 0 saturated heterocycles. The summed E-state index contributed by atoms with van der Waals surface area (Å²) in [5, 5.41) is 12.0. The third-order valence-electron chi connectivity index (χ3n) is 2.24. The van der Waals surface area contributed by atoms with Crippen LogP contribution in [0.1, 0.15) is 6.42 Å². The van der Waals surface area contributed by atoms with E-state index in [9.17, 15) is 18.7 Å². The van der Waals surface area contributed by atoms with Crippen molar-refractivity contribution in [3.05, 3.63) is 29.8 Å². The molecule has 0 fully saturated rings. The topological polar surface area (TPSA) is 84.6 Å². The van der Waals surface area contributed by atoms with E-state index >= 15 is 0 Å². The molecule has 1 rings (SSSR count). The summed E-state index contributed by atoms with van der Waals surface area (Å²) in [6, 6.07) is 3.06. The number of rotatable bonds is 7. The van der Waals surface area contributed by atoms with Crippen LogP contribution in [0.2, 0.25) is 0 Å². The number of aliphatic hydroxyl groups is 1. The Morgan fingerprint density at radius 3 is 2.70 bits per heavy atom. The second-order valence-corrected chi connectivity index (χ2v) is 3.88. The van der Waals surface area contributed by atoms with Gasteiger partial charge in [-0.3, -0.25) is 4.79 Å². The van der Waals surface area contributed by atoms with Crippen molar-refractivity contribution >= 4 is 18.3 Å². The molecule has 114 valence electrons. The van der Waals surface area contributed by atoms with E-state index < -0.39 is 17.7 Å². The van der Waals surface area contributed by atoms with Gasteiger partial charge in [-0.2, -0.15) is 0 Å². The van der Waals surface area contributed by atoms with Crippen molar-refractivity contribution in [2.45, 2.75) is 12.5 Å². The lowest BCUT2D eigenvalue weighted by atomic mass is 10.3. The maximum atomic E-state index is 12.9. The summed E-state index contributed by atoms with van der Waals surface area (Å²) in [6.07, 6.45) is -0.772. The van der Waals surface area contributed by atoms with E-state index in [2.05, 4.69) is 5.32 Å². The van der Waals surface area contributed by atoms with Crippen LogP contribution in [0.5, 0.6) is 5.75 Å². The Morgan fingerprint density at radius 2 is 2.10 bits per heavy atom. The molecule has 5 nitrogen and oxygen atoms in total. The van der Waals surface area contributed by atoms with Gasteiger partial charge in [0.25, 0.3) is 0 Å². The van der Waals surface area contributed by atoms with Crippen molar-refractivity contribution in [1.82, 2.24) is 5.32 Å². The number of ether oxygens (including phenoxy) is 1. The Kier molecular flexibility index (Phi) is 8.78. The minimum absolute atomic E-state index is 0. The van der Waals surface area contributed by atoms with E-state index in [-0.39, 0.29) is 50.2 Å². The summed E-state index contributed by atoms with van der Waals surface area (Å²) in [5.74, 6) is -2.16. The van der Waals surface area contributed by atoms with Crippen LogP contribution in [0.15, 0.2) is 18.2 Å². The zero-order valence-corrected chi connectivity index (χ0v) is 11.5. The van der Waals surface area contributed by atoms with E-state index in [1.165, 1.54) is 6.07 Å². The van der Waals surface area contributed by atoms with Gasteiger partial charge in [0.2, 0.25) is 5.91 Å². The van der Waals surface area contributed by atoms with Crippen molar-refractivity contribution in [2.24, 2.45) is 5.73 Å². The molecule has 1 aromatic rings. The molecular weight excluding hydrogens is 294 g/mol. The first-order valence-corrected chi connectivity index (χ1v) is 5.75. The highest BCUT2D eigenvalue weighted by atomic mass is 35.5. The van der Waals surface area contributed by atoms with Crippen molar-refractivity contribution in [1.29, 1.82) is 0 Å². The zero-order valence-electron chi connectivity index (χ0n) is 10.6. The smallest absolute Gasteiger partial charge is 0.221 e. The van der Waals surface area contributed by atoms with Crippen LogP contribution in [-0.4, -0.2) is 36.8 Å². The van der Waals surface area contributed by atoms with Crippen molar-refractivity contribution in [3.8, 4) is 5.75 Å². The van der Waals surface area contributed by atoms with E-state index in [1.807, 2.05) is 0 Å². The first-order valence-electron chi connectivity index (χ1n) is 5.75. The summed E-state index contributed by atoms with van der Waals surface area (Å²) in [4.78, 5) is 11.1. The van der Waals surface area contributed by atoms with Gasteiger partial charge in [0.05, 0.1) is 0 Å². The summed E-state index contributed by atoms with van der Waals surface area (Å²) in [7, 11) is 0. The van der Waals surface area contributed by atoms with Gasteiger partial charge in [0.1, 0.15) is 18.5 Å². The second kappa shape index (κ2) is 9.46. The molecule has 0 aliphatic heterocycles. The Morgan fingerprint density at radius 1 is 1.40 bits per heavy atom. The highest BCUT2D eigenvalue weighted by Crippen LogP contribution is 2.15. The van der Waals surface area contributed by atoms with Gasteiger partial charge in [0.15, 0.2) is 11.6 Å². The molecule has 0 bridgehead atoms. The van der Waals surface area contributed by atoms with Gasteiger partial charge in [-0.05, 0) is 12.1 Å². The van der Waals surface area contributed by atoms with Crippen molar-refractivity contribution in [3.63, 3.8) is 0 Å². The molecule has 0 aliphatic carbocycles. The normalized spacial score (nSPS) is 11.4. The SMILES string of the molecule is Cl.NCCC(=O)NCC(O)COc1ccc(F)c(F)c1. The average Bonchev–Trinajstić information content (AvgIpc) is 2.38. The molecule has 0 saturated carbocycles. The van der Waals surface area contributed by atoms with Crippen LogP contribution >= 0.6 is 12.4 Å². The van der Waals surface area contributed by atoms with Crippen LogP contribution in [0.25, 0.3) is 0 Å². The number of carbonyl (C=O) groups is 1. The van der Waals surface area contributed by atoms with E-state index in [0.717, 1.165) is 12.1 Å². The van der Waals surface area contributed by atoms with Gasteiger partial charge in [-0.15, -0.1) is 12.4 Å². The Hall–Kier alpha value is -1.44. The standard InChI is InChI=1S/C12H16F2N2O3.ClH/c13-10-2-1-9(5-11(10)14)19-7-8(17)6-16-12(18)3-4-15;/h1-2,5,8,17H,3-4,6-7,15H2,(H,16,18);1H. The highest BCUT2D eigenvalue weighted by molar-refractivity contribution is 5.85. The highest BCUT2D eigenvalue weighted by Gasteiger charge is 2.09. The number of hydrogen-bond acceptors (Lipinski definition) is 4. The fourth-order valence-corrected chi connectivity index (χ4v) is 1.27. The molecule has 1 amide bonds. The molecule has 1 unspecified atom stereocenters. The quantitative estimate of drug-likeness (QED) is 0.688. The molecule has 1 aromatic carbocycles. The predicted octanol–water partition coefficient (Wildman–Crippen LogP) is 0.591. The number of nitrogens with two attached hydrogens (primary N) is 1. The number of hydrogen-bond donors (Lipinski definition) is 3. The third kappa shape index (κ3) is 6.65. The van der Waals surface area contributed by atoms with Gasteiger partial charge < -0.3 is 20.9 Å². The predicted molar refractivity (Wildman–Crippen MR) is 71.8 cm³/mol. The molecule has 1 atom stereocenters. The molecule has 0 spiro atoms. The monoisotopic (exact) mass is 310 g/mol. The van der Waals surface area contributed by atoms with Gasteiger partial charge in [0, 0.05) is 25.6 Å². The fourth-order valence-electron chi connectivity index (χ4n) is 1.27. The lowest BCUT2D eigenvalue weighted by molar-refractivity contribution is -0.121. The van der Waals surface area contributed by atoms with Crippen molar-refractivity contribution in [2.75, 3.05) is 19.7 Å². The number of carbonyl (C=O) groups excluding carboxylic acids is 1. The first-order chi connectivity index (χ1) is 9.02. The first kappa shape index (κ1) is 18.6. The minimum atomic E-state index is -1.02. The van der Waals surface area contributed by atoms with E-state index in [4.69, 9.17) is 10.5 Å². The van der Waals surface area contributed by atoms with Gasteiger partial charge in [-0.25, -0.2) is 8.78 Å². The third-order valence-corrected chi connectivity index (χ3v) is 2.24. The van der Waals surface area contributed by atoms with Crippen LogP contribution in [0, 0.1) is 11.6 Å². The van der Waals surface area contributed by atoms with Crippen molar-refractivity contribution < 1.29 is 23.4 Å². The number of benzene rings is 1. The molecule has 4 N–H and O–H groups in total. The molecule has 20 heavy (non-hydrogen) atoms. The number of halogens is 3. The Bertz CT molecular complexity index is 435.